The van der Waals surface area contributed by atoms with Gasteiger partial charge in [0.1, 0.15) is 5.75 Å². The number of benzene rings is 3. The van der Waals surface area contributed by atoms with E-state index in [4.69, 9.17) is 4.74 Å². The lowest BCUT2D eigenvalue weighted by Gasteiger charge is -2.20. The maximum Gasteiger partial charge on any atom is 0.258 e. The lowest BCUT2D eigenvalue weighted by atomic mass is 10.0. The Morgan fingerprint density at radius 1 is 0.909 bits per heavy atom. The van der Waals surface area contributed by atoms with Crippen LogP contribution in [0.3, 0.4) is 0 Å². The second kappa shape index (κ2) is 5.90. The Morgan fingerprint density at radius 2 is 1.59 bits per heavy atom. The van der Waals surface area contributed by atoms with Gasteiger partial charge in [-0.25, -0.2) is 0 Å². The molecule has 110 valence electrons. The Morgan fingerprint density at radius 3 is 2.41 bits per heavy atom. The summed E-state index contributed by atoms with van der Waals surface area (Å²) in [7, 11) is 3.37. The molecule has 0 aliphatic rings. The number of rotatable bonds is 3. The van der Waals surface area contributed by atoms with Crippen LogP contribution in [0.2, 0.25) is 0 Å². The number of nitrogens with zero attached hydrogens (tertiary/aromatic N) is 1. The van der Waals surface area contributed by atoms with Gasteiger partial charge >= 0.3 is 0 Å². The van der Waals surface area contributed by atoms with Crippen molar-refractivity contribution in [3.63, 3.8) is 0 Å². The van der Waals surface area contributed by atoms with Crippen LogP contribution in [-0.2, 0) is 0 Å². The van der Waals surface area contributed by atoms with Crippen molar-refractivity contribution in [1.29, 1.82) is 0 Å². The van der Waals surface area contributed by atoms with E-state index in [9.17, 15) is 4.79 Å². The van der Waals surface area contributed by atoms with E-state index in [0.29, 0.717) is 11.3 Å². The number of para-hydroxylation sites is 2. The molecule has 0 saturated heterocycles. The summed E-state index contributed by atoms with van der Waals surface area (Å²) in [6.07, 6.45) is 0. The minimum Gasteiger partial charge on any atom is -0.495 e. The van der Waals surface area contributed by atoms with E-state index in [1.807, 2.05) is 66.7 Å². The SMILES string of the molecule is COc1ccccc1N(C)C(=O)c1cccc2ccccc12. The van der Waals surface area contributed by atoms with E-state index in [0.717, 1.165) is 16.5 Å². The maximum atomic E-state index is 12.9. The molecule has 0 bridgehead atoms. The van der Waals surface area contributed by atoms with Gasteiger partial charge in [0.2, 0.25) is 0 Å². The Bertz CT molecular complexity index is 821. The van der Waals surface area contributed by atoms with Crippen LogP contribution in [0.15, 0.2) is 66.7 Å². The third kappa shape index (κ3) is 2.42. The van der Waals surface area contributed by atoms with E-state index in [-0.39, 0.29) is 5.91 Å². The van der Waals surface area contributed by atoms with Crippen molar-refractivity contribution in [2.75, 3.05) is 19.1 Å². The number of anilines is 1. The molecule has 0 atom stereocenters. The predicted octanol–water partition coefficient (Wildman–Crippen LogP) is 4.13. The van der Waals surface area contributed by atoms with Gasteiger partial charge in [-0.05, 0) is 29.0 Å². The average Bonchev–Trinajstić information content (AvgIpc) is 2.60. The summed E-state index contributed by atoms with van der Waals surface area (Å²) in [5, 5.41) is 2.01. The normalized spacial score (nSPS) is 10.5. The first-order valence-corrected chi connectivity index (χ1v) is 7.11. The van der Waals surface area contributed by atoms with Crippen LogP contribution in [0.5, 0.6) is 5.75 Å². The molecule has 3 heteroatoms. The van der Waals surface area contributed by atoms with Crippen molar-refractivity contribution in [2.24, 2.45) is 0 Å². The van der Waals surface area contributed by atoms with Crippen molar-refractivity contribution >= 4 is 22.4 Å². The Balaban J connectivity index is 2.06. The molecule has 0 spiro atoms. The molecule has 22 heavy (non-hydrogen) atoms. The van der Waals surface area contributed by atoms with E-state index < -0.39 is 0 Å². The number of carbonyl (C=O) groups is 1. The van der Waals surface area contributed by atoms with Crippen molar-refractivity contribution in [1.82, 2.24) is 0 Å². The zero-order valence-corrected chi connectivity index (χ0v) is 12.6. The molecular weight excluding hydrogens is 274 g/mol. The average molecular weight is 291 g/mol. The zero-order valence-electron chi connectivity index (χ0n) is 12.6. The Kier molecular flexibility index (Phi) is 3.79. The molecule has 0 heterocycles. The molecule has 3 aromatic rings. The smallest absolute Gasteiger partial charge is 0.258 e. The van der Waals surface area contributed by atoms with Crippen LogP contribution >= 0.6 is 0 Å². The fourth-order valence-electron chi connectivity index (χ4n) is 2.61. The first-order chi connectivity index (χ1) is 10.7. The van der Waals surface area contributed by atoms with E-state index in [1.165, 1.54) is 0 Å². The van der Waals surface area contributed by atoms with Crippen LogP contribution in [-0.4, -0.2) is 20.1 Å². The summed E-state index contributed by atoms with van der Waals surface area (Å²) < 4.78 is 5.35. The van der Waals surface area contributed by atoms with E-state index in [1.54, 1.807) is 19.1 Å². The number of hydrogen-bond acceptors (Lipinski definition) is 2. The van der Waals surface area contributed by atoms with E-state index >= 15 is 0 Å². The van der Waals surface area contributed by atoms with Gasteiger partial charge in [0.25, 0.3) is 5.91 Å². The highest BCUT2D eigenvalue weighted by Crippen LogP contribution is 2.29. The lowest BCUT2D eigenvalue weighted by Crippen LogP contribution is -2.26. The van der Waals surface area contributed by atoms with Crippen molar-refractivity contribution in [3.8, 4) is 5.75 Å². The molecule has 3 aromatic carbocycles. The number of fused-ring (bicyclic) bond motifs is 1. The highest BCUT2D eigenvalue weighted by atomic mass is 16.5. The second-order valence-electron chi connectivity index (χ2n) is 5.06. The number of methoxy groups -OCH3 is 1. The van der Waals surface area contributed by atoms with Crippen LogP contribution in [0.25, 0.3) is 10.8 Å². The van der Waals surface area contributed by atoms with Crippen LogP contribution in [0.1, 0.15) is 10.4 Å². The molecule has 0 aliphatic heterocycles. The van der Waals surface area contributed by atoms with Crippen LogP contribution in [0, 0.1) is 0 Å². The summed E-state index contributed by atoms with van der Waals surface area (Å²) in [6, 6.07) is 21.2. The third-order valence-corrected chi connectivity index (χ3v) is 3.77. The maximum absolute atomic E-state index is 12.9. The zero-order chi connectivity index (χ0) is 15.5. The third-order valence-electron chi connectivity index (χ3n) is 3.77. The molecule has 0 saturated carbocycles. The van der Waals surface area contributed by atoms with Crippen LogP contribution < -0.4 is 9.64 Å². The fourth-order valence-corrected chi connectivity index (χ4v) is 2.61. The standard InChI is InChI=1S/C19H17NO2/c1-20(17-12-5-6-13-18(17)22-2)19(21)16-11-7-9-14-8-3-4-10-15(14)16/h3-13H,1-2H3. The number of amides is 1. The Hall–Kier alpha value is -2.81. The molecule has 0 N–H and O–H groups in total. The first kappa shape index (κ1) is 14.1. The summed E-state index contributed by atoms with van der Waals surface area (Å²) in [5.41, 5.74) is 1.44. The fraction of sp³-hybridized carbons (Fsp3) is 0.105. The molecule has 1 amide bonds. The summed E-state index contributed by atoms with van der Waals surface area (Å²) in [4.78, 5) is 14.5. The first-order valence-electron chi connectivity index (χ1n) is 7.11. The highest BCUT2D eigenvalue weighted by molar-refractivity contribution is 6.14. The Labute approximate surface area is 129 Å². The van der Waals surface area contributed by atoms with Crippen LogP contribution in [0.4, 0.5) is 5.69 Å². The van der Waals surface area contributed by atoms with Gasteiger partial charge in [0, 0.05) is 12.6 Å². The molecule has 0 unspecified atom stereocenters. The topological polar surface area (TPSA) is 29.5 Å². The summed E-state index contributed by atoms with van der Waals surface area (Å²) in [5.74, 6) is 0.625. The summed E-state index contributed by atoms with van der Waals surface area (Å²) in [6.45, 7) is 0. The van der Waals surface area contributed by atoms with Gasteiger partial charge in [-0.2, -0.15) is 0 Å². The molecule has 0 fully saturated rings. The molecule has 0 radical (unpaired) electrons. The van der Waals surface area contributed by atoms with E-state index in [2.05, 4.69) is 0 Å². The van der Waals surface area contributed by atoms with Gasteiger partial charge in [0.15, 0.2) is 0 Å². The quantitative estimate of drug-likeness (QED) is 0.726. The number of hydrogen-bond donors (Lipinski definition) is 0. The van der Waals surface area contributed by atoms with Gasteiger partial charge in [-0.1, -0.05) is 48.5 Å². The number of carbonyl (C=O) groups excluding carboxylic acids is 1. The largest absolute Gasteiger partial charge is 0.495 e. The molecular formula is C19H17NO2. The number of ether oxygens (including phenoxy) is 1. The summed E-state index contributed by atoms with van der Waals surface area (Å²) >= 11 is 0. The van der Waals surface area contributed by atoms with Crippen molar-refractivity contribution in [2.45, 2.75) is 0 Å². The van der Waals surface area contributed by atoms with Crippen molar-refractivity contribution < 1.29 is 9.53 Å². The molecule has 3 rings (SSSR count). The molecule has 3 nitrogen and oxygen atoms in total. The second-order valence-corrected chi connectivity index (χ2v) is 5.06. The van der Waals surface area contributed by atoms with Crippen molar-refractivity contribution in [3.05, 3.63) is 72.3 Å². The van der Waals surface area contributed by atoms with Gasteiger partial charge in [0.05, 0.1) is 12.8 Å². The monoisotopic (exact) mass is 291 g/mol. The minimum absolute atomic E-state index is 0.0544. The van der Waals surface area contributed by atoms with Gasteiger partial charge < -0.3 is 9.64 Å². The van der Waals surface area contributed by atoms with Gasteiger partial charge in [-0.15, -0.1) is 0 Å². The minimum atomic E-state index is -0.0544. The molecule has 0 aromatic heterocycles. The predicted molar refractivity (Wildman–Crippen MR) is 89.7 cm³/mol. The van der Waals surface area contributed by atoms with Gasteiger partial charge in [-0.3, -0.25) is 4.79 Å². The molecule has 0 aliphatic carbocycles. The lowest BCUT2D eigenvalue weighted by molar-refractivity contribution is 0.0994. The highest BCUT2D eigenvalue weighted by Gasteiger charge is 2.18.